The molecule has 1 spiro atoms. The van der Waals surface area contributed by atoms with Crippen LogP contribution in [0.3, 0.4) is 0 Å². The summed E-state index contributed by atoms with van der Waals surface area (Å²) in [5, 5.41) is 0. The van der Waals surface area contributed by atoms with Crippen molar-refractivity contribution in [3.05, 3.63) is 59.9 Å². The van der Waals surface area contributed by atoms with E-state index in [0.29, 0.717) is 11.5 Å². The molecule has 2 aromatic rings. The molecule has 0 bridgehead atoms. The number of fused-ring (bicyclic) bond motifs is 2. The molecule has 1 aromatic heterocycles. The number of piperidine rings is 1. The molecule has 2 fully saturated rings. The number of pyridine rings is 1. The van der Waals surface area contributed by atoms with Gasteiger partial charge in [0.1, 0.15) is 0 Å². The molecule has 28 heavy (non-hydrogen) atoms. The molecule has 146 valence electrons. The number of anilines is 1. The van der Waals surface area contributed by atoms with Gasteiger partial charge in [0.05, 0.1) is 12.2 Å². The first-order chi connectivity index (χ1) is 13.8. The number of hydrogen-bond acceptors (Lipinski definition) is 4. The van der Waals surface area contributed by atoms with Gasteiger partial charge in [0.2, 0.25) is 0 Å². The van der Waals surface area contributed by atoms with Crippen molar-refractivity contribution in [2.75, 3.05) is 44.3 Å². The molecule has 1 amide bonds. The molecule has 3 aliphatic rings. The van der Waals surface area contributed by atoms with Gasteiger partial charge >= 0.3 is 0 Å². The van der Waals surface area contributed by atoms with Crippen LogP contribution in [0.5, 0.6) is 0 Å². The highest BCUT2D eigenvalue weighted by Gasteiger charge is 2.45. The van der Waals surface area contributed by atoms with E-state index in [1.54, 1.807) is 12.4 Å². The molecule has 0 saturated carbocycles. The molecule has 5 nitrogen and oxygen atoms in total. The Morgan fingerprint density at radius 3 is 2.79 bits per heavy atom. The van der Waals surface area contributed by atoms with Crippen LogP contribution in [0.1, 0.15) is 35.2 Å². The lowest BCUT2D eigenvalue weighted by Gasteiger charge is -2.40. The largest absolute Gasteiger partial charge is 0.381 e. The van der Waals surface area contributed by atoms with Crippen LogP contribution in [0.2, 0.25) is 0 Å². The Labute approximate surface area is 166 Å². The Hall–Kier alpha value is -2.40. The summed E-state index contributed by atoms with van der Waals surface area (Å²) in [5.41, 5.74) is 3.72. The smallest absolute Gasteiger partial charge is 0.255 e. The van der Waals surface area contributed by atoms with Gasteiger partial charge in [-0.2, -0.15) is 0 Å². The van der Waals surface area contributed by atoms with E-state index >= 15 is 0 Å². The lowest BCUT2D eigenvalue weighted by Crippen LogP contribution is -2.47. The van der Waals surface area contributed by atoms with E-state index in [4.69, 9.17) is 4.74 Å². The predicted molar refractivity (Wildman–Crippen MR) is 109 cm³/mol. The summed E-state index contributed by atoms with van der Waals surface area (Å²) in [5.74, 6) is 0.740. The Morgan fingerprint density at radius 2 is 2.04 bits per heavy atom. The molecule has 1 unspecified atom stereocenters. The molecule has 1 atom stereocenters. The predicted octanol–water partition coefficient (Wildman–Crippen LogP) is 3.11. The fraction of sp³-hybridized carbons (Fsp3) is 0.478. The van der Waals surface area contributed by atoms with E-state index < -0.39 is 0 Å². The van der Waals surface area contributed by atoms with E-state index in [1.165, 1.54) is 17.7 Å². The number of aromatic nitrogens is 1. The summed E-state index contributed by atoms with van der Waals surface area (Å²) in [6.07, 6.45) is 6.59. The van der Waals surface area contributed by atoms with Gasteiger partial charge < -0.3 is 14.5 Å². The second-order valence-electron chi connectivity index (χ2n) is 8.44. The maximum Gasteiger partial charge on any atom is 0.255 e. The van der Waals surface area contributed by atoms with Gasteiger partial charge in [0.25, 0.3) is 5.91 Å². The third-order valence-electron chi connectivity index (χ3n) is 6.73. The van der Waals surface area contributed by atoms with Crippen molar-refractivity contribution < 1.29 is 9.53 Å². The maximum atomic E-state index is 12.8. The van der Waals surface area contributed by atoms with Crippen LogP contribution in [-0.4, -0.2) is 55.2 Å². The Kier molecular flexibility index (Phi) is 4.55. The summed E-state index contributed by atoms with van der Waals surface area (Å²) in [7, 11) is 0. The molecule has 2 saturated heterocycles. The number of ether oxygens (including phenoxy) is 1. The number of nitrogens with zero attached hydrogens (tertiary/aromatic N) is 3. The average molecular weight is 377 g/mol. The third kappa shape index (κ3) is 3.08. The minimum absolute atomic E-state index is 0.106. The zero-order valence-electron chi connectivity index (χ0n) is 16.2. The summed E-state index contributed by atoms with van der Waals surface area (Å²) in [6, 6.07) is 12.6. The van der Waals surface area contributed by atoms with E-state index in [2.05, 4.69) is 34.1 Å². The number of amides is 1. The molecule has 5 heteroatoms. The van der Waals surface area contributed by atoms with Crippen molar-refractivity contribution in [1.82, 2.24) is 9.88 Å². The molecule has 1 aromatic carbocycles. The quantitative estimate of drug-likeness (QED) is 0.825. The highest BCUT2D eigenvalue weighted by atomic mass is 16.5. The Bertz CT molecular complexity index is 840. The van der Waals surface area contributed by atoms with Gasteiger partial charge in [-0.05, 0) is 43.0 Å². The van der Waals surface area contributed by atoms with E-state index in [0.717, 1.165) is 52.2 Å². The highest BCUT2D eigenvalue weighted by Crippen LogP contribution is 2.47. The fourth-order valence-corrected chi connectivity index (χ4v) is 5.17. The van der Waals surface area contributed by atoms with Crippen molar-refractivity contribution in [2.24, 2.45) is 5.92 Å². The van der Waals surface area contributed by atoms with E-state index in [-0.39, 0.29) is 11.3 Å². The van der Waals surface area contributed by atoms with Crippen molar-refractivity contribution in [2.45, 2.75) is 24.7 Å². The standard InChI is InChI=1S/C23H27N3O2/c27-22(19-4-3-10-24-14-19)25-11-8-23(9-12-25)17-26(15-18-7-13-28-16-18)21-6-2-1-5-20(21)23/h1-6,10,14,18H,7-9,11-13,15-17H2. The summed E-state index contributed by atoms with van der Waals surface area (Å²) >= 11 is 0. The molecule has 5 rings (SSSR count). The van der Waals surface area contributed by atoms with Crippen molar-refractivity contribution >= 4 is 11.6 Å². The van der Waals surface area contributed by atoms with E-state index in [9.17, 15) is 4.79 Å². The second-order valence-corrected chi connectivity index (χ2v) is 8.44. The van der Waals surface area contributed by atoms with E-state index in [1.807, 2.05) is 17.0 Å². The minimum Gasteiger partial charge on any atom is -0.381 e. The van der Waals surface area contributed by atoms with Gasteiger partial charge in [-0.25, -0.2) is 0 Å². The molecule has 4 heterocycles. The molecule has 0 N–H and O–H groups in total. The van der Waals surface area contributed by atoms with Gasteiger partial charge in [-0.1, -0.05) is 18.2 Å². The van der Waals surface area contributed by atoms with Crippen LogP contribution in [0.4, 0.5) is 5.69 Å². The van der Waals surface area contributed by atoms with Crippen LogP contribution < -0.4 is 4.90 Å². The zero-order chi connectivity index (χ0) is 19.0. The van der Waals surface area contributed by atoms with Crippen LogP contribution in [0.15, 0.2) is 48.8 Å². The lowest BCUT2D eigenvalue weighted by atomic mass is 9.74. The van der Waals surface area contributed by atoms with Crippen molar-refractivity contribution in [3.63, 3.8) is 0 Å². The third-order valence-corrected chi connectivity index (χ3v) is 6.73. The normalized spacial score (nSPS) is 23.2. The average Bonchev–Trinajstić information content (AvgIpc) is 3.37. The first-order valence-corrected chi connectivity index (χ1v) is 10.4. The number of benzene rings is 1. The lowest BCUT2D eigenvalue weighted by molar-refractivity contribution is 0.0673. The number of carbonyl (C=O) groups excluding carboxylic acids is 1. The van der Waals surface area contributed by atoms with Crippen molar-refractivity contribution in [1.29, 1.82) is 0 Å². The maximum absolute atomic E-state index is 12.8. The van der Waals surface area contributed by atoms with Crippen LogP contribution in [-0.2, 0) is 10.2 Å². The Balaban J connectivity index is 1.33. The second kappa shape index (κ2) is 7.21. The molecular weight excluding hydrogens is 350 g/mol. The molecule has 0 aliphatic carbocycles. The fourth-order valence-electron chi connectivity index (χ4n) is 5.17. The number of para-hydroxylation sites is 1. The number of likely N-dealkylation sites (tertiary alicyclic amines) is 1. The topological polar surface area (TPSA) is 45.7 Å². The number of carbonyl (C=O) groups is 1. The zero-order valence-corrected chi connectivity index (χ0v) is 16.2. The monoisotopic (exact) mass is 377 g/mol. The summed E-state index contributed by atoms with van der Waals surface area (Å²) in [4.78, 5) is 21.5. The van der Waals surface area contributed by atoms with Crippen LogP contribution in [0, 0.1) is 5.92 Å². The van der Waals surface area contributed by atoms with Crippen molar-refractivity contribution in [3.8, 4) is 0 Å². The highest BCUT2D eigenvalue weighted by molar-refractivity contribution is 5.94. The van der Waals surface area contributed by atoms with Crippen LogP contribution in [0.25, 0.3) is 0 Å². The number of rotatable bonds is 3. The first-order valence-electron chi connectivity index (χ1n) is 10.4. The van der Waals surface area contributed by atoms with Gasteiger partial charge in [0.15, 0.2) is 0 Å². The molecular formula is C23H27N3O2. The Morgan fingerprint density at radius 1 is 1.18 bits per heavy atom. The van der Waals surface area contributed by atoms with Gasteiger partial charge in [-0.15, -0.1) is 0 Å². The van der Waals surface area contributed by atoms with Gasteiger partial charge in [-0.3, -0.25) is 9.78 Å². The summed E-state index contributed by atoms with van der Waals surface area (Å²) in [6.45, 7) is 5.55. The molecule has 0 radical (unpaired) electrons. The number of hydrogen-bond donors (Lipinski definition) is 0. The molecule has 3 aliphatic heterocycles. The van der Waals surface area contributed by atoms with Crippen LogP contribution >= 0.6 is 0 Å². The SMILES string of the molecule is O=C(c1cccnc1)N1CCC2(CC1)CN(CC1CCOC1)c1ccccc12. The minimum atomic E-state index is 0.106. The van der Waals surface area contributed by atoms with Gasteiger partial charge in [0, 0.05) is 62.2 Å². The first kappa shape index (κ1) is 17.7. The summed E-state index contributed by atoms with van der Waals surface area (Å²) < 4.78 is 5.60.